The van der Waals surface area contributed by atoms with Gasteiger partial charge in [-0.2, -0.15) is 0 Å². The van der Waals surface area contributed by atoms with Crippen LogP contribution in [0.15, 0.2) is 42.5 Å². The molecule has 20 heavy (non-hydrogen) atoms. The van der Waals surface area contributed by atoms with Gasteiger partial charge in [0.05, 0.1) is 6.04 Å². The summed E-state index contributed by atoms with van der Waals surface area (Å²) in [7, 11) is 0. The number of ether oxygens (including phenoxy) is 1. The number of nitrogens with one attached hydrogen (secondary N) is 1. The number of fused-ring (bicyclic) bond motifs is 2. The van der Waals surface area contributed by atoms with E-state index in [1.807, 2.05) is 56.3 Å². The van der Waals surface area contributed by atoms with Crippen LogP contribution in [-0.4, -0.2) is 5.91 Å². The maximum Gasteiger partial charge on any atom is 0.220 e. The fourth-order valence-electron chi connectivity index (χ4n) is 2.55. The largest absolute Gasteiger partial charge is 0.456 e. The molecule has 0 aliphatic carbocycles. The molecule has 0 fully saturated rings. The summed E-state index contributed by atoms with van der Waals surface area (Å²) in [6.45, 7) is 3.88. The van der Waals surface area contributed by atoms with Gasteiger partial charge in [0.2, 0.25) is 5.91 Å². The predicted molar refractivity (Wildman–Crippen MR) is 78.0 cm³/mol. The van der Waals surface area contributed by atoms with E-state index in [2.05, 4.69) is 5.32 Å². The Morgan fingerprint density at radius 3 is 2.70 bits per heavy atom. The summed E-state index contributed by atoms with van der Waals surface area (Å²) in [5.41, 5.74) is 3.10. The SMILES string of the molecule is CCC(=O)NC1c2ccccc2Oc2c(C)cccc21. The van der Waals surface area contributed by atoms with Gasteiger partial charge >= 0.3 is 0 Å². The second-order valence-electron chi connectivity index (χ2n) is 4.99. The average Bonchev–Trinajstić information content (AvgIpc) is 2.48. The lowest BCUT2D eigenvalue weighted by molar-refractivity contribution is -0.121. The Morgan fingerprint density at radius 2 is 1.90 bits per heavy atom. The summed E-state index contributed by atoms with van der Waals surface area (Å²) < 4.78 is 6.00. The number of carbonyl (C=O) groups is 1. The van der Waals surface area contributed by atoms with Crippen LogP contribution in [-0.2, 0) is 4.79 Å². The number of para-hydroxylation sites is 2. The fraction of sp³-hybridized carbons (Fsp3) is 0.235. The number of benzene rings is 2. The van der Waals surface area contributed by atoms with Crippen molar-refractivity contribution in [1.82, 2.24) is 5.32 Å². The molecule has 1 heterocycles. The third kappa shape index (κ3) is 2.05. The topological polar surface area (TPSA) is 38.3 Å². The molecular weight excluding hydrogens is 250 g/mol. The van der Waals surface area contributed by atoms with Crippen molar-refractivity contribution in [2.24, 2.45) is 0 Å². The molecule has 3 rings (SSSR count). The van der Waals surface area contributed by atoms with Crippen molar-refractivity contribution in [3.63, 3.8) is 0 Å². The van der Waals surface area contributed by atoms with Gasteiger partial charge in [-0.15, -0.1) is 0 Å². The standard InChI is InChI=1S/C17H17NO2/c1-3-15(19)18-16-12-8-4-5-10-14(12)20-17-11(2)7-6-9-13(16)17/h4-10,16H,3H2,1-2H3,(H,18,19). The number of carbonyl (C=O) groups excluding carboxylic acids is 1. The number of rotatable bonds is 2. The molecule has 0 saturated heterocycles. The Kier molecular flexibility index (Phi) is 3.18. The highest BCUT2D eigenvalue weighted by molar-refractivity contribution is 5.77. The number of amides is 1. The lowest BCUT2D eigenvalue weighted by atomic mass is 9.93. The summed E-state index contributed by atoms with van der Waals surface area (Å²) >= 11 is 0. The minimum absolute atomic E-state index is 0.0409. The Balaban J connectivity index is 2.13. The van der Waals surface area contributed by atoms with Crippen LogP contribution in [0.4, 0.5) is 0 Å². The van der Waals surface area contributed by atoms with E-state index in [1.165, 1.54) is 0 Å². The first-order valence-corrected chi connectivity index (χ1v) is 6.86. The Hall–Kier alpha value is -2.29. The summed E-state index contributed by atoms with van der Waals surface area (Å²) in [5.74, 6) is 1.71. The molecule has 0 radical (unpaired) electrons. The molecule has 2 aromatic carbocycles. The molecule has 0 aromatic heterocycles. The highest BCUT2D eigenvalue weighted by Gasteiger charge is 2.28. The van der Waals surface area contributed by atoms with E-state index >= 15 is 0 Å². The monoisotopic (exact) mass is 267 g/mol. The first-order chi connectivity index (χ1) is 9.70. The van der Waals surface area contributed by atoms with Gasteiger partial charge in [-0.3, -0.25) is 4.79 Å². The van der Waals surface area contributed by atoms with Gasteiger partial charge in [0.25, 0.3) is 0 Å². The summed E-state index contributed by atoms with van der Waals surface area (Å²) in [5, 5.41) is 3.09. The molecule has 1 unspecified atom stereocenters. The third-order valence-corrected chi connectivity index (χ3v) is 3.62. The molecule has 0 saturated carbocycles. The molecule has 102 valence electrons. The molecule has 1 N–H and O–H groups in total. The van der Waals surface area contributed by atoms with E-state index in [9.17, 15) is 4.79 Å². The zero-order valence-electron chi connectivity index (χ0n) is 11.6. The van der Waals surface area contributed by atoms with Crippen molar-refractivity contribution in [2.75, 3.05) is 0 Å². The minimum Gasteiger partial charge on any atom is -0.456 e. The molecular formula is C17H17NO2. The van der Waals surface area contributed by atoms with Crippen molar-refractivity contribution in [2.45, 2.75) is 26.3 Å². The van der Waals surface area contributed by atoms with Crippen molar-refractivity contribution in [3.8, 4) is 11.5 Å². The van der Waals surface area contributed by atoms with E-state index in [4.69, 9.17) is 4.74 Å². The van der Waals surface area contributed by atoms with E-state index in [-0.39, 0.29) is 11.9 Å². The van der Waals surface area contributed by atoms with Gasteiger partial charge in [-0.05, 0) is 18.6 Å². The molecule has 1 amide bonds. The Labute approximate surface area is 118 Å². The quantitative estimate of drug-likeness (QED) is 0.900. The maximum absolute atomic E-state index is 11.8. The molecule has 0 bridgehead atoms. The van der Waals surface area contributed by atoms with E-state index in [0.29, 0.717) is 6.42 Å². The molecule has 3 heteroatoms. The lowest BCUT2D eigenvalue weighted by Gasteiger charge is -2.29. The van der Waals surface area contributed by atoms with E-state index < -0.39 is 0 Å². The maximum atomic E-state index is 11.8. The molecule has 2 aromatic rings. The van der Waals surface area contributed by atoms with Gasteiger partial charge in [0.15, 0.2) is 0 Å². The van der Waals surface area contributed by atoms with E-state index in [0.717, 1.165) is 28.2 Å². The lowest BCUT2D eigenvalue weighted by Crippen LogP contribution is -2.30. The second kappa shape index (κ2) is 5.00. The normalized spacial score (nSPS) is 15.8. The zero-order chi connectivity index (χ0) is 14.1. The third-order valence-electron chi connectivity index (χ3n) is 3.62. The van der Waals surface area contributed by atoms with Gasteiger partial charge < -0.3 is 10.1 Å². The van der Waals surface area contributed by atoms with E-state index in [1.54, 1.807) is 0 Å². The molecule has 1 atom stereocenters. The van der Waals surface area contributed by atoms with Crippen molar-refractivity contribution in [1.29, 1.82) is 0 Å². The van der Waals surface area contributed by atoms with Gasteiger partial charge in [0.1, 0.15) is 11.5 Å². The minimum atomic E-state index is -0.137. The van der Waals surface area contributed by atoms with Crippen LogP contribution in [0.3, 0.4) is 0 Å². The van der Waals surface area contributed by atoms with Gasteiger partial charge in [0, 0.05) is 17.5 Å². The van der Waals surface area contributed by atoms with Gasteiger partial charge in [-0.1, -0.05) is 43.3 Å². The van der Waals surface area contributed by atoms with Crippen molar-refractivity contribution in [3.05, 3.63) is 59.2 Å². The van der Waals surface area contributed by atoms with Crippen LogP contribution in [0, 0.1) is 6.92 Å². The van der Waals surface area contributed by atoms with Crippen molar-refractivity contribution >= 4 is 5.91 Å². The Morgan fingerprint density at radius 1 is 1.15 bits per heavy atom. The van der Waals surface area contributed by atoms with Crippen molar-refractivity contribution < 1.29 is 9.53 Å². The van der Waals surface area contributed by atoms with Crippen LogP contribution in [0.5, 0.6) is 11.5 Å². The summed E-state index contributed by atoms with van der Waals surface area (Å²) in [6.07, 6.45) is 0.473. The zero-order valence-corrected chi connectivity index (χ0v) is 11.6. The smallest absolute Gasteiger partial charge is 0.220 e. The molecule has 1 aliphatic heterocycles. The highest BCUT2D eigenvalue weighted by atomic mass is 16.5. The molecule has 1 aliphatic rings. The van der Waals surface area contributed by atoms with Gasteiger partial charge in [-0.25, -0.2) is 0 Å². The molecule has 0 spiro atoms. The number of hydrogen-bond donors (Lipinski definition) is 1. The van der Waals surface area contributed by atoms with Crippen LogP contribution in [0.2, 0.25) is 0 Å². The Bertz CT molecular complexity index is 664. The van der Waals surface area contributed by atoms with Crippen LogP contribution in [0.25, 0.3) is 0 Å². The predicted octanol–water partition coefficient (Wildman–Crippen LogP) is 3.72. The molecule has 3 nitrogen and oxygen atoms in total. The van der Waals surface area contributed by atoms with Crippen LogP contribution in [0.1, 0.15) is 36.1 Å². The fourth-order valence-corrected chi connectivity index (χ4v) is 2.55. The average molecular weight is 267 g/mol. The highest BCUT2D eigenvalue weighted by Crippen LogP contribution is 2.44. The number of aryl methyl sites for hydroxylation is 1. The second-order valence-corrected chi connectivity index (χ2v) is 4.99. The summed E-state index contributed by atoms with van der Waals surface area (Å²) in [6, 6.07) is 13.7. The first kappa shape index (κ1) is 12.7. The van der Waals surface area contributed by atoms with Crippen LogP contribution < -0.4 is 10.1 Å². The summed E-state index contributed by atoms with van der Waals surface area (Å²) in [4.78, 5) is 11.8. The first-order valence-electron chi connectivity index (χ1n) is 6.86. The van der Waals surface area contributed by atoms with Crippen LogP contribution >= 0.6 is 0 Å². The number of hydrogen-bond acceptors (Lipinski definition) is 2.